The lowest BCUT2D eigenvalue weighted by Gasteiger charge is -2.64. The van der Waals surface area contributed by atoms with Gasteiger partial charge in [0.2, 0.25) is 0 Å². The van der Waals surface area contributed by atoms with Crippen molar-refractivity contribution in [2.75, 3.05) is 0 Å². The van der Waals surface area contributed by atoms with Crippen LogP contribution in [0.3, 0.4) is 0 Å². The Kier molecular flexibility index (Phi) is 5.12. The minimum atomic E-state index is -0.604. The number of ether oxygens (including phenoxy) is 1. The smallest absolute Gasteiger partial charge is 0.171 e. The molecule has 65 heavy (non-hydrogen) atoms. The van der Waals surface area contributed by atoms with Crippen LogP contribution in [-0.2, 0) is 10.8 Å². The van der Waals surface area contributed by atoms with E-state index in [0.717, 1.165) is 72.2 Å². The monoisotopic (exact) mass is 825 g/mol. The fourth-order valence-corrected chi connectivity index (χ4v) is 14.8. The van der Waals surface area contributed by atoms with Crippen molar-refractivity contribution in [1.82, 2.24) is 4.40 Å². The largest absolute Gasteiger partial charge is 0.457 e. The maximum absolute atomic E-state index is 15.4. The first-order valence-corrected chi connectivity index (χ1v) is 22.8. The van der Waals surface area contributed by atoms with Crippen molar-refractivity contribution < 1.29 is 13.9 Å². The second-order valence-corrected chi connectivity index (χ2v) is 19.2. The van der Waals surface area contributed by atoms with Gasteiger partial charge in [-0.1, -0.05) is 133 Å². The van der Waals surface area contributed by atoms with E-state index in [1.807, 2.05) is 0 Å². The molecule has 298 valence electrons. The molecule has 0 bridgehead atoms. The number of para-hydroxylation sites is 2. The highest BCUT2D eigenvalue weighted by atomic mass is 16.5. The highest BCUT2D eigenvalue weighted by Crippen LogP contribution is 2.74. The number of benzene rings is 10. The summed E-state index contributed by atoms with van der Waals surface area (Å²) in [7, 11) is 0. The molecule has 0 saturated heterocycles. The number of carbonyl (C=O) groups is 1. The molecule has 4 nitrogen and oxygen atoms in total. The van der Waals surface area contributed by atoms with E-state index in [1.54, 1.807) is 0 Å². The highest BCUT2D eigenvalue weighted by Gasteiger charge is 2.69. The quantitative estimate of drug-likeness (QED) is 0.143. The molecule has 10 aromatic carbocycles. The number of carbonyl (C=O) groups excluding carboxylic acids is 1. The fraction of sp³-hybridized carbons (Fsp3) is 0.0656. The van der Waals surface area contributed by atoms with Crippen LogP contribution in [0.25, 0.3) is 81.9 Å². The number of hydrogen-bond donors (Lipinski definition) is 0. The summed E-state index contributed by atoms with van der Waals surface area (Å²) < 4.78 is 16.3. The molecule has 3 aromatic heterocycles. The summed E-state index contributed by atoms with van der Waals surface area (Å²) in [6.45, 7) is 0. The first-order valence-electron chi connectivity index (χ1n) is 22.8. The van der Waals surface area contributed by atoms with Crippen molar-refractivity contribution in [2.24, 2.45) is 0 Å². The number of rotatable bonds is 0. The summed E-state index contributed by atoms with van der Waals surface area (Å²) in [5, 5.41) is 9.36. The average Bonchev–Trinajstić information content (AvgIpc) is 4.06. The van der Waals surface area contributed by atoms with E-state index in [9.17, 15) is 0 Å². The lowest BCUT2D eigenvalue weighted by Crippen LogP contribution is -2.61. The fourth-order valence-electron chi connectivity index (χ4n) is 14.8. The number of hydrogen-bond acceptors (Lipinski definition) is 3. The van der Waals surface area contributed by atoms with Crippen LogP contribution in [0, 0.1) is 0 Å². The zero-order valence-electron chi connectivity index (χ0n) is 34.6. The molecule has 4 aliphatic carbocycles. The summed E-state index contributed by atoms with van der Waals surface area (Å²) in [6.07, 6.45) is 0. The van der Waals surface area contributed by atoms with E-state index in [4.69, 9.17) is 9.15 Å². The van der Waals surface area contributed by atoms with E-state index in [0.29, 0.717) is 0 Å². The molecule has 0 radical (unpaired) electrons. The summed E-state index contributed by atoms with van der Waals surface area (Å²) in [4.78, 5) is 15.4. The SMILES string of the molecule is O=C1c2cc3c(cc2C2c4ccccc4C24c2ccccc2C14)c1c2oc4cccc5ccc(c2c54)c2c4cc5c(cc4n3c21)-c1ccccc1C51c2ccccc2Oc2ccccc21. The molecule has 4 heteroatoms. The second-order valence-electron chi connectivity index (χ2n) is 19.2. The van der Waals surface area contributed by atoms with Gasteiger partial charge in [0, 0.05) is 55.0 Å². The first-order chi connectivity index (χ1) is 32.2. The molecule has 3 unspecified atom stereocenters. The topological polar surface area (TPSA) is 43.9 Å². The van der Waals surface area contributed by atoms with Gasteiger partial charge >= 0.3 is 0 Å². The van der Waals surface area contributed by atoms with Crippen molar-refractivity contribution in [3.8, 4) is 22.6 Å². The maximum atomic E-state index is 15.4. The molecule has 2 spiro atoms. The Morgan fingerprint density at radius 3 is 1.86 bits per heavy atom. The number of nitrogens with zero attached hydrogens (tertiary/aromatic N) is 1. The zero-order chi connectivity index (χ0) is 41.8. The molecule has 13 aromatic rings. The first kappa shape index (κ1) is 32.5. The van der Waals surface area contributed by atoms with Crippen LogP contribution in [0.5, 0.6) is 11.5 Å². The highest BCUT2D eigenvalue weighted by molar-refractivity contribution is 6.42. The van der Waals surface area contributed by atoms with Crippen molar-refractivity contribution in [1.29, 1.82) is 0 Å². The van der Waals surface area contributed by atoms with Gasteiger partial charge < -0.3 is 13.6 Å². The Morgan fingerprint density at radius 2 is 1.09 bits per heavy atom. The van der Waals surface area contributed by atoms with Crippen molar-refractivity contribution >= 4 is 76.6 Å². The molecule has 0 saturated carbocycles. The van der Waals surface area contributed by atoms with Gasteiger partial charge in [-0.25, -0.2) is 0 Å². The molecule has 0 amide bonds. The van der Waals surface area contributed by atoms with E-state index in [1.165, 1.54) is 76.8 Å². The normalized spacial score (nSPS) is 20.0. The molecular formula is C61H31NO3. The Bertz CT molecular complexity index is 4400. The Morgan fingerprint density at radius 1 is 0.446 bits per heavy atom. The minimum absolute atomic E-state index is 0.0869. The predicted molar refractivity (Wildman–Crippen MR) is 257 cm³/mol. The van der Waals surface area contributed by atoms with Gasteiger partial charge in [-0.15, -0.1) is 0 Å². The minimum Gasteiger partial charge on any atom is -0.457 e. The zero-order valence-corrected chi connectivity index (χ0v) is 34.6. The summed E-state index contributed by atoms with van der Waals surface area (Å²) in [5.41, 5.74) is 18.5. The number of fused-ring (bicyclic) bond motifs is 23. The number of aromatic nitrogens is 1. The van der Waals surface area contributed by atoms with Crippen LogP contribution in [0.2, 0.25) is 0 Å². The predicted octanol–water partition coefficient (Wildman–Crippen LogP) is 14.5. The van der Waals surface area contributed by atoms with Gasteiger partial charge in [0.05, 0.1) is 33.3 Å². The molecule has 4 heterocycles. The van der Waals surface area contributed by atoms with Crippen LogP contribution in [0.15, 0.2) is 180 Å². The van der Waals surface area contributed by atoms with E-state index in [-0.39, 0.29) is 23.0 Å². The summed E-state index contributed by atoms with van der Waals surface area (Å²) in [6, 6.07) is 64.3. The molecule has 0 fully saturated rings. The van der Waals surface area contributed by atoms with Gasteiger partial charge in [-0.3, -0.25) is 4.79 Å². The van der Waals surface area contributed by atoms with Gasteiger partial charge in [-0.2, -0.15) is 0 Å². The maximum Gasteiger partial charge on any atom is 0.171 e. The van der Waals surface area contributed by atoms with E-state index >= 15 is 4.79 Å². The van der Waals surface area contributed by atoms with E-state index < -0.39 is 5.41 Å². The van der Waals surface area contributed by atoms with Crippen LogP contribution in [0.1, 0.15) is 72.3 Å². The third-order valence-electron chi connectivity index (χ3n) is 17.0. The summed E-state index contributed by atoms with van der Waals surface area (Å²) in [5.74, 6) is 1.87. The number of furan rings is 1. The van der Waals surface area contributed by atoms with Gasteiger partial charge in [0.25, 0.3) is 0 Å². The Labute approximate surface area is 370 Å². The Balaban J connectivity index is 1.04. The molecule has 5 aliphatic rings. The van der Waals surface area contributed by atoms with Crippen molar-refractivity contribution in [2.45, 2.75) is 22.7 Å². The number of Topliss-reactive ketones (excluding diaryl/α,β-unsaturated/α-hetero) is 1. The Hall–Kier alpha value is -8.21. The second kappa shape index (κ2) is 10.3. The molecule has 0 N–H and O–H groups in total. The lowest BCUT2D eigenvalue weighted by atomic mass is 9.36. The van der Waals surface area contributed by atoms with Crippen LogP contribution in [-0.4, -0.2) is 10.2 Å². The van der Waals surface area contributed by atoms with Gasteiger partial charge in [-0.05, 0) is 103 Å². The standard InChI is InChI=1S/C61H31NO3/c63-58-37-29-47-38(26-36(37)55-32-14-2-5-17-41(32)61(55)42-18-6-3-15-33(42)56(58)61)54-57-52(34-25-24-30-12-11-23-50-51(30)53(34)59(54)65-50)39-27-45-35(28-46(39)62(47)57)31-13-1-4-16-40(31)60(45)43-19-7-9-21-48(43)64-49-22-10-8-20-44(49)60/h1-29,55-56H. The molecule has 1 aliphatic heterocycles. The van der Waals surface area contributed by atoms with Crippen LogP contribution < -0.4 is 4.74 Å². The van der Waals surface area contributed by atoms with Gasteiger partial charge in [0.1, 0.15) is 22.7 Å². The third kappa shape index (κ3) is 3.17. The van der Waals surface area contributed by atoms with Crippen LogP contribution >= 0.6 is 0 Å². The van der Waals surface area contributed by atoms with Crippen LogP contribution in [0.4, 0.5) is 0 Å². The van der Waals surface area contributed by atoms with E-state index in [2.05, 4.69) is 180 Å². The lowest BCUT2D eigenvalue weighted by molar-refractivity contribution is 0.0847. The van der Waals surface area contributed by atoms with Crippen molar-refractivity contribution in [3.05, 3.63) is 232 Å². The average molecular weight is 826 g/mol. The third-order valence-corrected chi connectivity index (χ3v) is 17.0. The summed E-state index contributed by atoms with van der Waals surface area (Å²) >= 11 is 0. The number of ketones is 1. The molecule has 18 rings (SSSR count). The molecule has 3 atom stereocenters. The van der Waals surface area contributed by atoms with Gasteiger partial charge in [0.15, 0.2) is 5.78 Å². The van der Waals surface area contributed by atoms with Crippen molar-refractivity contribution in [3.63, 3.8) is 0 Å². The molecular weight excluding hydrogens is 795 g/mol.